The first-order chi connectivity index (χ1) is 9.72. The van der Waals surface area contributed by atoms with Crippen LogP contribution >= 0.6 is 0 Å². The summed E-state index contributed by atoms with van der Waals surface area (Å²) in [6.45, 7) is 3.08. The van der Waals surface area contributed by atoms with E-state index in [1.165, 1.54) is 0 Å². The fourth-order valence-corrected chi connectivity index (χ4v) is 2.50. The van der Waals surface area contributed by atoms with E-state index in [1.807, 2.05) is 18.2 Å². The predicted octanol–water partition coefficient (Wildman–Crippen LogP) is 1.96. The molecule has 0 bridgehead atoms. The lowest BCUT2D eigenvalue weighted by Crippen LogP contribution is -2.27. The second-order valence-electron chi connectivity index (χ2n) is 4.63. The minimum atomic E-state index is -0.571. The number of nitrogens with zero attached hydrogens (tertiary/aromatic N) is 1. The zero-order valence-electron chi connectivity index (χ0n) is 11.2. The molecule has 3 rings (SSSR count). The summed E-state index contributed by atoms with van der Waals surface area (Å²) < 4.78 is 12.2. The normalized spacial score (nSPS) is 13.7. The van der Waals surface area contributed by atoms with Crippen LogP contribution in [0.1, 0.15) is 23.7 Å². The molecule has 0 radical (unpaired) electrons. The molecule has 1 aromatic heterocycles. The quantitative estimate of drug-likeness (QED) is 0.785. The maximum Gasteiger partial charge on any atom is 0.343 e. The molecule has 5 nitrogen and oxygen atoms in total. The Kier molecular flexibility index (Phi) is 3.18. The SMILES string of the molecule is CCOC(=O)c1cc2cccc3c2n(c1=O)CCCO3. The number of hydrogen-bond donors (Lipinski definition) is 0. The standard InChI is InChI=1S/C15H15NO4/c1-2-19-15(18)11-9-10-5-3-6-12-13(10)16(14(11)17)7-4-8-20-12/h3,5-6,9H,2,4,7-8H2,1H3. The second-order valence-corrected chi connectivity index (χ2v) is 4.63. The third-order valence-electron chi connectivity index (χ3n) is 3.35. The zero-order valence-corrected chi connectivity index (χ0v) is 11.2. The minimum absolute atomic E-state index is 0.0819. The minimum Gasteiger partial charge on any atom is -0.491 e. The van der Waals surface area contributed by atoms with E-state index in [2.05, 4.69) is 0 Å². The van der Waals surface area contributed by atoms with Crippen molar-refractivity contribution in [2.24, 2.45) is 0 Å². The van der Waals surface area contributed by atoms with E-state index in [1.54, 1.807) is 17.6 Å². The Hall–Kier alpha value is -2.30. The number of rotatable bonds is 2. The van der Waals surface area contributed by atoms with Crippen molar-refractivity contribution in [1.82, 2.24) is 4.57 Å². The van der Waals surface area contributed by atoms with Crippen LogP contribution in [0.25, 0.3) is 10.9 Å². The van der Waals surface area contributed by atoms with Crippen LogP contribution in [0.4, 0.5) is 0 Å². The number of carbonyl (C=O) groups excluding carboxylic acids is 1. The molecule has 1 aliphatic heterocycles. The van der Waals surface area contributed by atoms with Crippen LogP contribution in [0, 0.1) is 0 Å². The molecule has 0 saturated heterocycles. The average Bonchev–Trinajstić information content (AvgIpc) is 2.67. The van der Waals surface area contributed by atoms with E-state index in [0.717, 1.165) is 17.3 Å². The summed E-state index contributed by atoms with van der Waals surface area (Å²) in [6, 6.07) is 7.15. The maximum atomic E-state index is 12.5. The molecule has 0 aliphatic carbocycles. The van der Waals surface area contributed by atoms with Crippen molar-refractivity contribution in [2.75, 3.05) is 13.2 Å². The lowest BCUT2D eigenvalue weighted by molar-refractivity contribution is 0.0524. The molecule has 0 fully saturated rings. The number of pyridine rings is 1. The van der Waals surface area contributed by atoms with Gasteiger partial charge in [-0.3, -0.25) is 4.79 Å². The summed E-state index contributed by atoms with van der Waals surface area (Å²) in [5, 5.41) is 0.812. The summed E-state index contributed by atoms with van der Waals surface area (Å²) >= 11 is 0. The van der Waals surface area contributed by atoms with Crippen LogP contribution in [0.5, 0.6) is 5.75 Å². The largest absolute Gasteiger partial charge is 0.491 e. The number of aryl methyl sites for hydroxylation is 1. The van der Waals surface area contributed by atoms with E-state index >= 15 is 0 Å². The Morgan fingerprint density at radius 3 is 3.10 bits per heavy atom. The number of carbonyl (C=O) groups is 1. The van der Waals surface area contributed by atoms with Crippen molar-refractivity contribution in [2.45, 2.75) is 19.9 Å². The van der Waals surface area contributed by atoms with Crippen molar-refractivity contribution < 1.29 is 14.3 Å². The molecule has 0 amide bonds. The first kappa shape index (κ1) is 12.7. The Morgan fingerprint density at radius 1 is 1.45 bits per heavy atom. The van der Waals surface area contributed by atoms with E-state index in [0.29, 0.717) is 18.9 Å². The second kappa shape index (κ2) is 5.00. The van der Waals surface area contributed by atoms with E-state index in [9.17, 15) is 9.59 Å². The first-order valence-electron chi connectivity index (χ1n) is 6.69. The highest BCUT2D eigenvalue weighted by molar-refractivity contribution is 5.95. The molecule has 0 unspecified atom stereocenters. The van der Waals surface area contributed by atoms with Crippen molar-refractivity contribution in [3.63, 3.8) is 0 Å². The molecule has 0 spiro atoms. The lowest BCUT2D eigenvalue weighted by Gasteiger charge is -2.11. The van der Waals surface area contributed by atoms with E-state index in [-0.39, 0.29) is 17.7 Å². The summed E-state index contributed by atoms with van der Waals surface area (Å²) in [5.74, 6) is 0.117. The van der Waals surface area contributed by atoms with Crippen LogP contribution in [0.3, 0.4) is 0 Å². The third kappa shape index (κ3) is 1.95. The molecule has 2 aromatic rings. The number of aromatic nitrogens is 1. The Labute approximate surface area is 115 Å². The van der Waals surface area contributed by atoms with Gasteiger partial charge in [-0.2, -0.15) is 0 Å². The molecule has 1 aromatic carbocycles. The molecule has 20 heavy (non-hydrogen) atoms. The molecule has 104 valence electrons. The van der Waals surface area contributed by atoms with Gasteiger partial charge in [0.15, 0.2) is 0 Å². The summed E-state index contributed by atoms with van der Waals surface area (Å²) in [4.78, 5) is 24.4. The van der Waals surface area contributed by atoms with Gasteiger partial charge in [-0.05, 0) is 25.5 Å². The molecule has 5 heteroatoms. The van der Waals surface area contributed by atoms with Crippen LogP contribution in [-0.2, 0) is 11.3 Å². The van der Waals surface area contributed by atoms with Gasteiger partial charge in [-0.1, -0.05) is 12.1 Å². The Morgan fingerprint density at radius 2 is 2.30 bits per heavy atom. The summed E-state index contributed by atoms with van der Waals surface area (Å²) in [6.07, 6.45) is 0.732. The van der Waals surface area contributed by atoms with Crippen molar-refractivity contribution >= 4 is 16.9 Å². The topological polar surface area (TPSA) is 57.5 Å². The molecule has 1 aliphatic rings. The molecular formula is C15H15NO4. The predicted molar refractivity (Wildman–Crippen MR) is 74.3 cm³/mol. The summed E-state index contributed by atoms with van der Waals surface area (Å²) in [5.41, 5.74) is 0.523. The van der Waals surface area contributed by atoms with Crippen LogP contribution in [0.2, 0.25) is 0 Å². The number of esters is 1. The fourth-order valence-electron chi connectivity index (χ4n) is 2.50. The third-order valence-corrected chi connectivity index (χ3v) is 3.35. The number of benzene rings is 1. The number of para-hydroxylation sites is 1. The van der Waals surface area contributed by atoms with E-state index < -0.39 is 5.97 Å². The van der Waals surface area contributed by atoms with Gasteiger partial charge in [-0.15, -0.1) is 0 Å². The summed E-state index contributed by atoms with van der Waals surface area (Å²) in [7, 11) is 0. The van der Waals surface area contributed by atoms with Crippen LogP contribution < -0.4 is 10.3 Å². The van der Waals surface area contributed by atoms with Gasteiger partial charge in [0.1, 0.15) is 11.3 Å². The lowest BCUT2D eigenvalue weighted by atomic mass is 10.1. The van der Waals surface area contributed by atoms with E-state index in [4.69, 9.17) is 9.47 Å². The van der Waals surface area contributed by atoms with Gasteiger partial charge < -0.3 is 14.0 Å². The molecular weight excluding hydrogens is 258 g/mol. The highest BCUT2D eigenvalue weighted by Crippen LogP contribution is 2.27. The highest BCUT2D eigenvalue weighted by atomic mass is 16.5. The van der Waals surface area contributed by atoms with Gasteiger partial charge in [-0.25, -0.2) is 4.79 Å². The smallest absolute Gasteiger partial charge is 0.343 e. The van der Waals surface area contributed by atoms with Gasteiger partial charge in [0, 0.05) is 11.9 Å². The number of ether oxygens (including phenoxy) is 2. The first-order valence-corrected chi connectivity index (χ1v) is 6.69. The van der Waals surface area contributed by atoms with Gasteiger partial charge in [0.2, 0.25) is 0 Å². The van der Waals surface area contributed by atoms with Crippen LogP contribution in [-0.4, -0.2) is 23.8 Å². The van der Waals surface area contributed by atoms with Gasteiger partial charge >= 0.3 is 5.97 Å². The fraction of sp³-hybridized carbons (Fsp3) is 0.333. The molecule has 2 heterocycles. The Balaban J connectivity index is 2.30. The molecule has 0 atom stereocenters. The monoisotopic (exact) mass is 273 g/mol. The molecule has 0 N–H and O–H groups in total. The van der Waals surface area contributed by atoms with Gasteiger partial charge in [0.05, 0.1) is 18.7 Å². The van der Waals surface area contributed by atoms with Gasteiger partial charge in [0.25, 0.3) is 5.56 Å². The zero-order chi connectivity index (χ0) is 14.1. The van der Waals surface area contributed by atoms with Crippen molar-refractivity contribution in [3.8, 4) is 5.75 Å². The maximum absolute atomic E-state index is 12.5. The number of hydrogen-bond acceptors (Lipinski definition) is 4. The van der Waals surface area contributed by atoms with Crippen molar-refractivity contribution in [1.29, 1.82) is 0 Å². The average molecular weight is 273 g/mol. The Bertz CT molecular complexity index is 732. The van der Waals surface area contributed by atoms with Crippen LogP contribution in [0.15, 0.2) is 29.1 Å². The highest BCUT2D eigenvalue weighted by Gasteiger charge is 2.20. The van der Waals surface area contributed by atoms with Crippen molar-refractivity contribution in [3.05, 3.63) is 40.2 Å². The molecule has 0 saturated carbocycles.